The second kappa shape index (κ2) is 4.31. The van der Waals surface area contributed by atoms with Crippen molar-refractivity contribution in [2.75, 3.05) is 12.1 Å². The van der Waals surface area contributed by atoms with E-state index in [0.717, 1.165) is 0 Å². The van der Waals surface area contributed by atoms with Gasteiger partial charge in [-0.1, -0.05) is 11.6 Å². The van der Waals surface area contributed by atoms with Crippen LogP contribution < -0.4 is 14.8 Å². The molecule has 1 aromatic carbocycles. The number of hydrogen-bond acceptors (Lipinski definition) is 4. The van der Waals surface area contributed by atoms with Crippen LogP contribution in [0.4, 0.5) is 5.69 Å². The predicted molar refractivity (Wildman–Crippen MR) is 65.4 cm³/mol. The van der Waals surface area contributed by atoms with Crippen molar-refractivity contribution in [1.82, 2.24) is 0 Å². The van der Waals surface area contributed by atoms with Crippen molar-refractivity contribution in [2.45, 2.75) is 6.42 Å². The Balaban J connectivity index is 1.74. The summed E-state index contributed by atoms with van der Waals surface area (Å²) in [6.45, 7) is 0.118. The summed E-state index contributed by atoms with van der Waals surface area (Å²) in [6.07, 6.45) is 0.364. The van der Waals surface area contributed by atoms with Crippen LogP contribution >= 0.6 is 11.6 Å². The number of carbonyl (C=O) groups is 2. The number of carboxylic acids is 1. The van der Waals surface area contributed by atoms with Crippen molar-refractivity contribution in [3.8, 4) is 11.5 Å². The second-order valence-corrected chi connectivity index (χ2v) is 4.87. The van der Waals surface area contributed by atoms with Crippen LogP contribution in [-0.2, 0) is 9.59 Å². The van der Waals surface area contributed by atoms with E-state index >= 15 is 0 Å². The number of rotatable bonds is 3. The molecule has 1 fully saturated rings. The van der Waals surface area contributed by atoms with E-state index in [9.17, 15) is 9.59 Å². The first-order valence-corrected chi connectivity index (χ1v) is 6.07. The van der Waals surface area contributed by atoms with Gasteiger partial charge in [-0.15, -0.1) is 0 Å². The molecule has 6 nitrogen and oxygen atoms in total. The largest absolute Gasteiger partial charge is 0.481 e. The smallest absolute Gasteiger partial charge is 0.307 e. The molecule has 0 aromatic heterocycles. The monoisotopic (exact) mass is 283 g/mol. The van der Waals surface area contributed by atoms with Gasteiger partial charge in [0.1, 0.15) is 0 Å². The summed E-state index contributed by atoms with van der Waals surface area (Å²) in [4.78, 5) is 22.5. The molecule has 0 radical (unpaired) electrons. The van der Waals surface area contributed by atoms with Crippen molar-refractivity contribution in [3.63, 3.8) is 0 Å². The van der Waals surface area contributed by atoms with E-state index in [-0.39, 0.29) is 12.7 Å². The number of nitrogens with one attached hydrogen (secondary N) is 1. The third-order valence-corrected chi connectivity index (χ3v) is 3.48. The SMILES string of the molecule is O=C(O)[C@H]1C[C@H]1C(=O)Nc1cc2c(cc1Cl)OCO2. The second-order valence-electron chi connectivity index (χ2n) is 4.46. The van der Waals surface area contributed by atoms with Gasteiger partial charge in [0, 0.05) is 12.1 Å². The summed E-state index contributed by atoms with van der Waals surface area (Å²) in [5.74, 6) is -1.33. The van der Waals surface area contributed by atoms with Crippen LogP contribution in [0.5, 0.6) is 11.5 Å². The highest BCUT2D eigenvalue weighted by Gasteiger charge is 2.48. The van der Waals surface area contributed by atoms with Crippen molar-refractivity contribution in [3.05, 3.63) is 17.2 Å². The first-order valence-electron chi connectivity index (χ1n) is 5.69. The molecular weight excluding hydrogens is 274 g/mol. The van der Waals surface area contributed by atoms with Crippen LogP contribution in [-0.4, -0.2) is 23.8 Å². The topological polar surface area (TPSA) is 84.9 Å². The zero-order chi connectivity index (χ0) is 13.6. The Morgan fingerprint density at radius 2 is 1.95 bits per heavy atom. The van der Waals surface area contributed by atoms with Crippen LogP contribution in [0.2, 0.25) is 5.02 Å². The first-order chi connectivity index (χ1) is 9.06. The maximum atomic E-state index is 11.8. The Labute approximate surface area is 113 Å². The quantitative estimate of drug-likeness (QED) is 0.882. The van der Waals surface area contributed by atoms with Crippen molar-refractivity contribution < 1.29 is 24.2 Å². The van der Waals surface area contributed by atoms with Gasteiger partial charge >= 0.3 is 5.97 Å². The van der Waals surface area contributed by atoms with Gasteiger partial charge in [-0.05, 0) is 6.42 Å². The lowest BCUT2D eigenvalue weighted by Crippen LogP contribution is -2.17. The van der Waals surface area contributed by atoms with Gasteiger partial charge in [0.25, 0.3) is 0 Å². The minimum atomic E-state index is -0.947. The maximum Gasteiger partial charge on any atom is 0.307 e. The summed E-state index contributed by atoms with van der Waals surface area (Å²) < 4.78 is 10.3. The molecule has 2 atom stereocenters. The first kappa shape index (κ1) is 12.1. The average molecular weight is 284 g/mol. The van der Waals surface area contributed by atoms with Crippen LogP contribution in [0.3, 0.4) is 0 Å². The Hall–Kier alpha value is -1.95. The van der Waals surface area contributed by atoms with E-state index in [2.05, 4.69) is 5.32 Å². The molecule has 3 rings (SSSR count). The van der Waals surface area contributed by atoms with Crippen LogP contribution in [0.25, 0.3) is 0 Å². The number of amides is 1. The van der Waals surface area contributed by atoms with Crippen LogP contribution in [0.15, 0.2) is 12.1 Å². The number of aliphatic carboxylic acids is 1. The van der Waals surface area contributed by atoms with Gasteiger partial charge in [0.2, 0.25) is 12.7 Å². The molecule has 2 N–H and O–H groups in total. The fraction of sp³-hybridized carbons (Fsp3) is 0.333. The molecule has 1 aliphatic heterocycles. The zero-order valence-corrected chi connectivity index (χ0v) is 10.4. The number of benzene rings is 1. The zero-order valence-electron chi connectivity index (χ0n) is 9.68. The van der Waals surface area contributed by atoms with Gasteiger partial charge in [-0.25, -0.2) is 0 Å². The predicted octanol–water partition coefficient (Wildman–Crippen LogP) is 1.73. The lowest BCUT2D eigenvalue weighted by Gasteiger charge is -2.08. The van der Waals surface area contributed by atoms with Gasteiger partial charge < -0.3 is 19.9 Å². The molecule has 1 aromatic rings. The van der Waals surface area contributed by atoms with Gasteiger partial charge in [-0.3, -0.25) is 9.59 Å². The highest BCUT2D eigenvalue weighted by atomic mass is 35.5. The van der Waals surface area contributed by atoms with Crippen molar-refractivity contribution in [1.29, 1.82) is 0 Å². The average Bonchev–Trinajstić information content (AvgIpc) is 3.05. The molecular formula is C12H10ClNO5. The molecule has 7 heteroatoms. The van der Waals surface area contributed by atoms with Gasteiger partial charge in [0.15, 0.2) is 11.5 Å². The molecule has 0 saturated heterocycles. The van der Waals surface area contributed by atoms with Crippen LogP contribution in [0.1, 0.15) is 6.42 Å². The summed E-state index contributed by atoms with van der Waals surface area (Å²) in [5, 5.41) is 11.7. The van der Waals surface area contributed by atoms with E-state index < -0.39 is 17.8 Å². The third kappa shape index (κ3) is 2.19. The van der Waals surface area contributed by atoms with Crippen molar-refractivity contribution in [2.24, 2.45) is 11.8 Å². The van der Waals surface area contributed by atoms with E-state index in [1.165, 1.54) is 0 Å². The number of fused-ring (bicyclic) bond motifs is 1. The third-order valence-electron chi connectivity index (χ3n) is 3.16. The standard InChI is InChI=1S/C12H10ClNO5/c13-7-2-9-10(19-4-18-9)3-8(7)14-11(15)5-1-6(5)12(16)17/h2-3,5-6H,1,4H2,(H,14,15)(H,16,17)/t5-,6+/m1/s1. The molecule has 19 heavy (non-hydrogen) atoms. The fourth-order valence-electron chi connectivity index (χ4n) is 2.00. The normalized spacial score (nSPS) is 23.0. The molecule has 0 bridgehead atoms. The number of ether oxygens (including phenoxy) is 2. The van der Waals surface area contributed by atoms with E-state index in [1.807, 2.05) is 0 Å². The number of carboxylic acid groups (broad SMARTS) is 1. The fourth-order valence-corrected chi connectivity index (χ4v) is 2.20. The lowest BCUT2D eigenvalue weighted by molar-refractivity contribution is -0.139. The highest BCUT2D eigenvalue weighted by molar-refractivity contribution is 6.34. The minimum Gasteiger partial charge on any atom is -0.481 e. The molecule has 100 valence electrons. The summed E-state index contributed by atoms with van der Waals surface area (Å²) in [5.41, 5.74) is 0.395. The summed E-state index contributed by atoms with van der Waals surface area (Å²) >= 11 is 6.01. The Morgan fingerprint density at radius 3 is 2.58 bits per heavy atom. The number of halogens is 1. The Morgan fingerprint density at radius 1 is 1.26 bits per heavy atom. The minimum absolute atomic E-state index is 0.118. The van der Waals surface area contributed by atoms with Gasteiger partial charge in [-0.2, -0.15) is 0 Å². The number of carbonyl (C=O) groups excluding carboxylic acids is 1. The molecule has 1 aliphatic carbocycles. The molecule has 1 heterocycles. The molecule has 0 unspecified atom stereocenters. The molecule has 1 amide bonds. The maximum absolute atomic E-state index is 11.8. The Bertz CT molecular complexity index is 573. The Kier molecular flexibility index (Phi) is 2.74. The van der Waals surface area contributed by atoms with Crippen LogP contribution in [0, 0.1) is 11.8 Å². The molecule has 2 aliphatic rings. The molecule has 0 spiro atoms. The summed E-state index contributed by atoms with van der Waals surface area (Å²) in [6, 6.07) is 3.13. The lowest BCUT2D eigenvalue weighted by atomic mass is 10.2. The van der Waals surface area contributed by atoms with Crippen molar-refractivity contribution >= 4 is 29.2 Å². The van der Waals surface area contributed by atoms with Gasteiger partial charge in [0.05, 0.1) is 22.5 Å². The van der Waals surface area contributed by atoms with E-state index in [4.69, 9.17) is 26.2 Å². The summed E-state index contributed by atoms with van der Waals surface area (Å²) in [7, 11) is 0. The van der Waals surface area contributed by atoms with E-state index in [0.29, 0.717) is 28.6 Å². The van der Waals surface area contributed by atoms with E-state index in [1.54, 1.807) is 12.1 Å². The number of anilines is 1. The number of hydrogen-bond donors (Lipinski definition) is 2. The highest BCUT2D eigenvalue weighted by Crippen LogP contribution is 2.42. The molecule has 1 saturated carbocycles.